The molecule has 4 heteroatoms. The Labute approximate surface area is 98.1 Å². The number of carbonyl (C=O) groups excluding carboxylic acids is 1. The molecular weight excluding hydrogens is 202 g/mol. The van der Waals surface area contributed by atoms with E-state index >= 15 is 0 Å². The number of rotatable bonds is 8. The van der Waals surface area contributed by atoms with Gasteiger partial charge in [-0.25, -0.2) is 0 Å². The van der Waals surface area contributed by atoms with Crippen LogP contribution in [0.1, 0.15) is 19.3 Å². The molecule has 0 spiro atoms. The maximum Gasteiger partial charge on any atom is 0.233 e. The maximum atomic E-state index is 11.3. The second-order valence-corrected chi connectivity index (χ2v) is 4.17. The van der Waals surface area contributed by atoms with E-state index in [9.17, 15) is 4.79 Å². The van der Waals surface area contributed by atoms with Crippen LogP contribution in [0.5, 0.6) is 0 Å². The number of nitrogens with one attached hydrogen (secondary N) is 2. The average Bonchev–Trinajstić information content (AvgIpc) is 2.78. The van der Waals surface area contributed by atoms with Gasteiger partial charge < -0.3 is 15.5 Å². The first-order valence-electron chi connectivity index (χ1n) is 6.13. The van der Waals surface area contributed by atoms with Crippen molar-refractivity contribution in [3.63, 3.8) is 0 Å². The Morgan fingerprint density at radius 3 is 2.81 bits per heavy atom. The normalized spacial score (nSPS) is 16.2. The monoisotopic (exact) mass is 225 g/mol. The summed E-state index contributed by atoms with van der Waals surface area (Å²) in [7, 11) is 0. The van der Waals surface area contributed by atoms with E-state index in [1.807, 2.05) is 0 Å². The summed E-state index contributed by atoms with van der Waals surface area (Å²) in [4.78, 5) is 13.8. The van der Waals surface area contributed by atoms with Crippen LogP contribution >= 0.6 is 0 Å². The van der Waals surface area contributed by atoms with Gasteiger partial charge >= 0.3 is 0 Å². The minimum atomic E-state index is 0.0725. The third-order valence-electron chi connectivity index (χ3n) is 2.75. The molecule has 1 amide bonds. The van der Waals surface area contributed by atoms with Crippen molar-refractivity contribution in [3.8, 4) is 0 Å². The summed E-state index contributed by atoms with van der Waals surface area (Å²) in [5, 5.41) is 5.88. The second kappa shape index (κ2) is 8.30. The molecule has 0 unspecified atom stereocenters. The van der Waals surface area contributed by atoms with Crippen molar-refractivity contribution in [2.45, 2.75) is 19.3 Å². The van der Waals surface area contributed by atoms with Gasteiger partial charge in [0.05, 0.1) is 6.54 Å². The van der Waals surface area contributed by atoms with Crippen molar-refractivity contribution < 1.29 is 4.79 Å². The molecule has 0 aliphatic carbocycles. The van der Waals surface area contributed by atoms with Gasteiger partial charge in [-0.3, -0.25) is 4.79 Å². The average molecular weight is 225 g/mol. The second-order valence-electron chi connectivity index (χ2n) is 4.17. The molecule has 1 aliphatic heterocycles. The molecule has 0 bridgehead atoms. The number of hydrogen-bond acceptors (Lipinski definition) is 3. The largest absolute Gasteiger partial charge is 0.355 e. The highest BCUT2D eigenvalue weighted by atomic mass is 16.1. The van der Waals surface area contributed by atoms with Crippen LogP contribution in [0.25, 0.3) is 0 Å². The van der Waals surface area contributed by atoms with Crippen LogP contribution in [0.4, 0.5) is 0 Å². The maximum absolute atomic E-state index is 11.3. The van der Waals surface area contributed by atoms with E-state index < -0.39 is 0 Å². The zero-order chi connectivity index (χ0) is 11.6. The Kier molecular flexibility index (Phi) is 6.85. The van der Waals surface area contributed by atoms with Crippen LogP contribution in [-0.2, 0) is 4.79 Å². The van der Waals surface area contributed by atoms with Crippen LogP contribution in [0.3, 0.4) is 0 Å². The number of nitrogens with zero attached hydrogens (tertiary/aromatic N) is 1. The summed E-state index contributed by atoms with van der Waals surface area (Å²) in [5.41, 5.74) is 0. The summed E-state index contributed by atoms with van der Waals surface area (Å²) in [6, 6.07) is 0. The summed E-state index contributed by atoms with van der Waals surface area (Å²) in [6.07, 6.45) is 5.46. The van der Waals surface area contributed by atoms with Crippen molar-refractivity contribution in [1.29, 1.82) is 0 Å². The highest BCUT2D eigenvalue weighted by Gasteiger charge is 2.10. The van der Waals surface area contributed by atoms with E-state index in [4.69, 9.17) is 0 Å². The highest BCUT2D eigenvalue weighted by molar-refractivity contribution is 5.77. The lowest BCUT2D eigenvalue weighted by atomic mass is 10.4. The van der Waals surface area contributed by atoms with Gasteiger partial charge in [0.15, 0.2) is 0 Å². The first kappa shape index (κ1) is 13.2. The minimum absolute atomic E-state index is 0.0725. The number of likely N-dealkylation sites (tertiary alicyclic amines) is 1. The van der Waals surface area contributed by atoms with E-state index in [0.717, 1.165) is 19.5 Å². The molecule has 92 valence electrons. The molecular formula is C12H23N3O. The van der Waals surface area contributed by atoms with Gasteiger partial charge in [-0.2, -0.15) is 0 Å². The van der Waals surface area contributed by atoms with E-state index in [1.165, 1.54) is 25.9 Å². The molecule has 1 fully saturated rings. The van der Waals surface area contributed by atoms with Crippen LogP contribution in [0.2, 0.25) is 0 Å². The Hall–Kier alpha value is -0.870. The van der Waals surface area contributed by atoms with Crippen LogP contribution in [-0.4, -0.2) is 50.1 Å². The van der Waals surface area contributed by atoms with Gasteiger partial charge in [0.2, 0.25) is 5.91 Å². The quantitative estimate of drug-likeness (QED) is 0.463. The molecule has 1 aliphatic rings. The highest BCUT2D eigenvalue weighted by Crippen LogP contribution is 2.06. The molecule has 0 saturated carbocycles. The summed E-state index contributed by atoms with van der Waals surface area (Å²) in [6.45, 7) is 9.00. The molecule has 2 N–H and O–H groups in total. The standard InChI is InChI=1S/C12H23N3O/c1-2-6-13-11-12(16)14-7-5-10-15-8-3-4-9-15/h2,13H,1,3-11H2,(H,14,16). The predicted molar refractivity (Wildman–Crippen MR) is 66.4 cm³/mol. The van der Waals surface area contributed by atoms with Crippen molar-refractivity contribution >= 4 is 5.91 Å². The molecule has 0 radical (unpaired) electrons. The fourth-order valence-electron chi connectivity index (χ4n) is 1.89. The first-order chi connectivity index (χ1) is 7.83. The summed E-state index contributed by atoms with van der Waals surface area (Å²) in [5.74, 6) is 0.0725. The molecule has 16 heavy (non-hydrogen) atoms. The van der Waals surface area contributed by atoms with Crippen molar-refractivity contribution in [1.82, 2.24) is 15.5 Å². The fourth-order valence-corrected chi connectivity index (χ4v) is 1.89. The zero-order valence-corrected chi connectivity index (χ0v) is 10.0. The van der Waals surface area contributed by atoms with Gasteiger partial charge in [0, 0.05) is 13.1 Å². The molecule has 1 saturated heterocycles. The number of hydrogen-bond donors (Lipinski definition) is 2. The smallest absolute Gasteiger partial charge is 0.233 e. The molecule has 0 aromatic carbocycles. The Balaban J connectivity index is 1.89. The minimum Gasteiger partial charge on any atom is -0.355 e. The summed E-state index contributed by atoms with van der Waals surface area (Å²) >= 11 is 0. The van der Waals surface area contributed by atoms with Gasteiger partial charge in [-0.05, 0) is 38.9 Å². The third-order valence-corrected chi connectivity index (χ3v) is 2.75. The third kappa shape index (κ3) is 5.88. The Morgan fingerprint density at radius 2 is 2.12 bits per heavy atom. The molecule has 1 rings (SSSR count). The topological polar surface area (TPSA) is 44.4 Å². The van der Waals surface area contributed by atoms with Crippen molar-refractivity contribution in [2.24, 2.45) is 0 Å². The first-order valence-corrected chi connectivity index (χ1v) is 6.13. The molecule has 0 aromatic heterocycles. The lowest BCUT2D eigenvalue weighted by Crippen LogP contribution is -2.35. The van der Waals surface area contributed by atoms with Crippen LogP contribution < -0.4 is 10.6 Å². The van der Waals surface area contributed by atoms with Crippen molar-refractivity contribution in [3.05, 3.63) is 12.7 Å². The lowest BCUT2D eigenvalue weighted by molar-refractivity contribution is -0.120. The molecule has 1 heterocycles. The van der Waals surface area contributed by atoms with Gasteiger partial charge in [0.25, 0.3) is 0 Å². The van der Waals surface area contributed by atoms with Gasteiger partial charge in [0.1, 0.15) is 0 Å². The SMILES string of the molecule is C=CCNCC(=O)NCCCN1CCCC1. The molecule has 0 aromatic rings. The Morgan fingerprint density at radius 1 is 1.38 bits per heavy atom. The van der Waals surface area contributed by atoms with Gasteiger partial charge in [-0.1, -0.05) is 6.08 Å². The van der Waals surface area contributed by atoms with E-state index in [0.29, 0.717) is 13.1 Å². The fraction of sp³-hybridized carbons (Fsp3) is 0.750. The number of amides is 1. The van der Waals surface area contributed by atoms with Crippen LogP contribution in [0.15, 0.2) is 12.7 Å². The van der Waals surface area contributed by atoms with E-state index in [1.54, 1.807) is 6.08 Å². The number of carbonyl (C=O) groups is 1. The van der Waals surface area contributed by atoms with Crippen LogP contribution in [0, 0.1) is 0 Å². The zero-order valence-electron chi connectivity index (χ0n) is 10.0. The molecule has 0 atom stereocenters. The lowest BCUT2D eigenvalue weighted by Gasteiger charge is -2.14. The Bertz CT molecular complexity index is 212. The summed E-state index contributed by atoms with van der Waals surface area (Å²) < 4.78 is 0. The van der Waals surface area contributed by atoms with Gasteiger partial charge in [-0.15, -0.1) is 6.58 Å². The van der Waals surface area contributed by atoms with E-state index in [-0.39, 0.29) is 5.91 Å². The predicted octanol–water partition coefficient (Wildman–Crippen LogP) is 0.364. The molecule has 4 nitrogen and oxygen atoms in total. The van der Waals surface area contributed by atoms with E-state index in [2.05, 4.69) is 22.1 Å². The van der Waals surface area contributed by atoms with Crippen molar-refractivity contribution in [2.75, 3.05) is 39.3 Å².